The molecule has 176 valence electrons. The molecule has 0 aromatic heterocycles. The molecule has 0 spiro atoms. The summed E-state index contributed by atoms with van der Waals surface area (Å²) in [5, 5.41) is 23.0. The van der Waals surface area contributed by atoms with Crippen molar-refractivity contribution in [3.63, 3.8) is 0 Å². The summed E-state index contributed by atoms with van der Waals surface area (Å²) >= 11 is 0. The maximum Gasteiger partial charge on any atom is 0.303 e. The Morgan fingerprint density at radius 3 is 2.59 bits per heavy atom. The number of aliphatic hydroxyl groups excluding tert-OH is 1. The van der Waals surface area contributed by atoms with E-state index in [1.807, 2.05) is 0 Å². The normalized spacial score (nSPS) is 47.2. The fourth-order valence-corrected chi connectivity index (χ4v) is 7.24. The molecule has 3 fully saturated rings. The fraction of sp³-hybridized carbons (Fsp3) is 0.708. The zero-order valence-corrected chi connectivity index (χ0v) is 18.9. The summed E-state index contributed by atoms with van der Waals surface area (Å²) in [7, 11) is 1.38. The number of Topliss-reactive ketones (excluding diaryl/α,β-unsaturated/α-hetero) is 1. The van der Waals surface area contributed by atoms with Gasteiger partial charge in [-0.2, -0.15) is 0 Å². The van der Waals surface area contributed by atoms with Crippen LogP contribution in [0.2, 0.25) is 0 Å². The minimum absolute atomic E-state index is 0.169. The van der Waals surface area contributed by atoms with Crippen molar-refractivity contribution < 1.29 is 38.5 Å². The van der Waals surface area contributed by atoms with Crippen LogP contribution >= 0.6 is 0 Å². The molecule has 0 aliphatic heterocycles. The molecule has 8 atom stereocenters. The van der Waals surface area contributed by atoms with Gasteiger partial charge in [-0.05, 0) is 50.7 Å². The number of carbonyl (C=O) groups excluding carboxylic acids is 3. The molecule has 4 rings (SSSR count). The highest BCUT2D eigenvalue weighted by atomic mass is 19.1. The molecule has 0 amide bonds. The molecule has 0 heterocycles. The van der Waals surface area contributed by atoms with E-state index in [1.54, 1.807) is 19.9 Å². The lowest BCUT2D eigenvalue weighted by atomic mass is 9.44. The van der Waals surface area contributed by atoms with E-state index in [-0.39, 0.29) is 18.6 Å². The van der Waals surface area contributed by atoms with E-state index in [1.165, 1.54) is 26.2 Å². The first-order valence-corrected chi connectivity index (χ1v) is 11.1. The number of hydrogen-bond donors (Lipinski definition) is 2. The maximum atomic E-state index is 17.1. The van der Waals surface area contributed by atoms with Crippen molar-refractivity contribution >= 4 is 17.5 Å². The molecule has 0 radical (unpaired) electrons. The van der Waals surface area contributed by atoms with Crippen LogP contribution in [0.3, 0.4) is 0 Å². The number of ether oxygens (including phenoxy) is 2. The second-order valence-corrected chi connectivity index (χ2v) is 10.2. The second-order valence-electron chi connectivity index (χ2n) is 10.2. The van der Waals surface area contributed by atoms with Crippen LogP contribution in [0.5, 0.6) is 0 Å². The molecule has 8 heteroatoms. The zero-order valence-electron chi connectivity index (χ0n) is 18.9. The minimum Gasteiger partial charge on any atom is -0.458 e. The number of carbonyl (C=O) groups is 3. The third kappa shape index (κ3) is 2.72. The standard InChI is InChI=1S/C24H31FO7/c1-13(26)32-12-19(29)24(30)20(31-4)10-17-16-6-5-14-9-15(27)7-8-21(14,2)23(16,25)18(28)11-22(17,24)3/h7-9,16-18,20,28,30H,5-6,10-12H2,1-4H3/t16-,17-,18-,20+,21-,22-,23-,24+/m0/s1. The Morgan fingerprint density at radius 1 is 1.28 bits per heavy atom. The van der Waals surface area contributed by atoms with Crippen LogP contribution in [-0.4, -0.2) is 64.9 Å². The van der Waals surface area contributed by atoms with Crippen LogP contribution in [0.15, 0.2) is 23.8 Å². The van der Waals surface area contributed by atoms with Crippen molar-refractivity contribution in [1.82, 2.24) is 0 Å². The molecule has 0 saturated heterocycles. The van der Waals surface area contributed by atoms with Crippen LogP contribution in [0.1, 0.15) is 46.5 Å². The third-order valence-corrected chi connectivity index (χ3v) is 8.95. The van der Waals surface area contributed by atoms with E-state index in [4.69, 9.17) is 9.47 Å². The summed E-state index contributed by atoms with van der Waals surface area (Å²) < 4.78 is 27.5. The van der Waals surface area contributed by atoms with Gasteiger partial charge < -0.3 is 19.7 Å². The smallest absolute Gasteiger partial charge is 0.303 e. The molecule has 4 aliphatic carbocycles. The molecule has 32 heavy (non-hydrogen) atoms. The molecule has 0 unspecified atom stereocenters. The molecule has 4 aliphatic rings. The van der Waals surface area contributed by atoms with Crippen LogP contribution in [-0.2, 0) is 23.9 Å². The lowest BCUT2D eigenvalue weighted by Crippen LogP contribution is -2.69. The van der Waals surface area contributed by atoms with E-state index in [0.717, 1.165) is 0 Å². The maximum absolute atomic E-state index is 17.1. The first-order chi connectivity index (χ1) is 14.9. The highest BCUT2D eigenvalue weighted by molar-refractivity contribution is 6.01. The van der Waals surface area contributed by atoms with Crippen LogP contribution < -0.4 is 0 Å². The van der Waals surface area contributed by atoms with E-state index >= 15 is 4.39 Å². The van der Waals surface area contributed by atoms with Gasteiger partial charge in [-0.1, -0.05) is 18.6 Å². The van der Waals surface area contributed by atoms with Crippen molar-refractivity contribution in [2.24, 2.45) is 22.7 Å². The number of rotatable bonds is 4. The topological polar surface area (TPSA) is 110 Å². The van der Waals surface area contributed by atoms with E-state index in [9.17, 15) is 24.6 Å². The molecule has 0 aromatic carbocycles. The second kappa shape index (κ2) is 7.30. The predicted molar refractivity (Wildman–Crippen MR) is 111 cm³/mol. The van der Waals surface area contributed by atoms with Crippen molar-refractivity contribution in [3.05, 3.63) is 23.8 Å². The number of esters is 1. The Balaban J connectivity index is 1.78. The first kappa shape index (κ1) is 23.3. The number of halogens is 1. The Labute approximate surface area is 186 Å². The Kier molecular flexibility index (Phi) is 5.31. The van der Waals surface area contributed by atoms with Crippen LogP contribution in [0, 0.1) is 22.7 Å². The summed E-state index contributed by atoms with van der Waals surface area (Å²) in [5.74, 6) is -2.68. The lowest BCUT2D eigenvalue weighted by molar-refractivity contribution is -0.223. The molecule has 7 nitrogen and oxygen atoms in total. The van der Waals surface area contributed by atoms with Crippen molar-refractivity contribution in [1.29, 1.82) is 0 Å². The zero-order chi connectivity index (χ0) is 23.7. The average Bonchev–Trinajstić information content (AvgIpc) is 2.95. The van der Waals surface area contributed by atoms with Gasteiger partial charge >= 0.3 is 5.97 Å². The summed E-state index contributed by atoms with van der Waals surface area (Å²) in [6.45, 7) is 3.95. The summed E-state index contributed by atoms with van der Waals surface area (Å²) in [5.41, 5.74) is -5.79. The van der Waals surface area contributed by atoms with E-state index in [0.29, 0.717) is 18.4 Å². The predicted octanol–water partition coefficient (Wildman–Crippen LogP) is 1.85. The summed E-state index contributed by atoms with van der Waals surface area (Å²) in [6, 6.07) is 0. The number of ketones is 2. The molecular formula is C24H31FO7. The number of hydrogen-bond acceptors (Lipinski definition) is 7. The van der Waals surface area contributed by atoms with E-state index in [2.05, 4.69) is 0 Å². The number of allylic oxidation sites excluding steroid dienone is 4. The Hall–Kier alpha value is -1.90. The Bertz CT molecular complexity index is 927. The third-order valence-electron chi connectivity index (χ3n) is 8.95. The molecule has 2 N–H and O–H groups in total. The monoisotopic (exact) mass is 450 g/mol. The minimum atomic E-state index is -2.07. The summed E-state index contributed by atoms with van der Waals surface area (Å²) in [4.78, 5) is 36.3. The van der Waals surface area contributed by atoms with Crippen molar-refractivity contribution in [2.75, 3.05) is 13.7 Å². The van der Waals surface area contributed by atoms with Gasteiger partial charge in [-0.15, -0.1) is 0 Å². The highest BCUT2D eigenvalue weighted by Crippen LogP contribution is 2.70. The number of aliphatic hydroxyl groups is 2. The lowest BCUT2D eigenvalue weighted by Gasteiger charge is -2.62. The highest BCUT2D eigenvalue weighted by Gasteiger charge is 2.76. The van der Waals surface area contributed by atoms with E-state index < -0.39 is 64.5 Å². The summed E-state index contributed by atoms with van der Waals surface area (Å²) in [6.07, 6.45) is 2.88. The molecular weight excluding hydrogens is 419 g/mol. The van der Waals surface area contributed by atoms with Gasteiger partial charge in [0.2, 0.25) is 5.78 Å². The van der Waals surface area contributed by atoms with Crippen LogP contribution in [0.4, 0.5) is 4.39 Å². The fourth-order valence-electron chi connectivity index (χ4n) is 7.24. The average molecular weight is 451 g/mol. The first-order valence-electron chi connectivity index (χ1n) is 11.1. The quantitative estimate of drug-likeness (QED) is 0.629. The SMILES string of the molecule is CO[C@@H]1C[C@H]2[C@@H]3CCC4=CC(=O)C=C[C@]4(C)[C@@]3(F)[C@@H](O)C[C@]2(C)[C@@]1(O)C(=O)COC(C)=O. The largest absolute Gasteiger partial charge is 0.458 e. The van der Waals surface area contributed by atoms with Gasteiger partial charge in [0.05, 0.1) is 12.2 Å². The van der Waals surface area contributed by atoms with Crippen LogP contribution in [0.25, 0.3) is 0 Å². The number of fused-ring (bicyclic) bond motifs is 5. The van der Waals surface area contributed by atoms with Gasteiger partial charge in [0, 0.05) is 30.8 Å². The van der Waals surface area contributed by atoms with Gasteiger partial charge in [-0.25, -0.2) is 4.39 Å². The Morgan fingerprint density at radius 2 is 1.97 bits per heavy atom. The molecule has 3 saturated carbocycles. The number of alkyl halides is 1. The van der Waals surface area contributed by atoms with Crippen molar-refractivity contribution in [2.45, 2.75) is 69.9 Å². The molecule has 0 bridgehead atoms. The van der Waals surface area contributed by atoms with Gasteiger partial charge in [0.25, 0.3) is 0 Å². The molecule has 0 aromatic rings. The van der Waals surface area contributed by atoms with Crippen molar-refractivity contribution in [3.8, 4) is 0 Å². The number of methoxy groups -OCH3 is 1. The van der Waals surface area contributed by atoms with Gasteiger partial charge in [0.1, 0.15) is 0 Å². The van der Waals surface area contributed by atoms with Gasteiger partial charge in [-0.3, -0.25) is 14.4 Å². The van der Waals surface area contributed by atoms with Gasteiger partial charge in [0.15, 0.2) is 23.7 Å².